The second-order valence-electron chi connectivity index (χ2n) is 6.11. The number of hydrogen-bond donors (Lipinski definition) is 1. The first-order valence-corrected chi connectivity index (χ1v) is 11.0. The summed E-state index contributed by atoms with van der Waals surface area (Å²) in [7, 11) is -3.78. The van der Waals surface area contributed by atoms with Crippen LogP contribution in [0, 0.1) is 5.82 Å². The summed E-state index contributed by atoms with van der Waals surface area (Å²) in [6, 6.07) is 18.6. The summed E-state index contributed by atoms with van der Waals surface area (Å²) < 4.78 is 41.7. The Morgan fingerprint density at radius 3 is 2.28 bits per heavy atom. The molecule has 0 fully saturated rings. The highest BCUT2D eigenvalue weighted by molar-refractivity contribution is 9.10. The van der Waals surface area contributed by atoms with E-state index in [1.807, 2.05) is 6.07 Å². The molecule has 0 spiro atoms. The molecule has 0 radical (unpaired) electrons. The maximum atomic E-state index is 13.9. The van der Waals surface area contributed by atoms with Gasteiger partial charge in [0.1, 0.15) is 5.82 Å². The molecule has 0 aliphatic rings. The molecule has 3 aromatic carbocycles. The van der Waals surface area contributed by atoms with E-state index in [0.717, 1.165) is 0 Å². The van der Waals surface area contributed by atoms with Gasteiger partial charge in [-0.15, -0.1) is 0 Å². The Labute approximate surface area is 177 Å². The zero-order valence-corrected chi connectivity index (χ0v) is 17.9. The van der Waals surface area contributed by atoms with E-state index >= 15 is 0 Å². The summed E-state index contributed by atoms with van der Waals surface area (Å²) in [5.41, 5.74) is 0.813. The Balaban J connectivity index is 1.82. The van der Waals surface area contributed by atoms with Gasteiger partial charge < -0.3 is 5.32 Å². The van der Waals surface area contributed by atoms with Crippen molar-refractivity contribution in [1.82, 2.24) is 0 Å². The Kier molecular flexibility index (Phi) is 6.34. The fourth-order valence-corrected chi connectivity index (χ4v) is 4.58. The predicted molar refractivity (Wildman–Crippen MR) is 115 cm³/mol. The first kappa shape index (κ1) is 21.0. The van der Waals surface area contributed by atoms with Crippen LogP contribution in [0.25, 0.3) is 0 Å². The van der Waals surface area contributed by atoms with Crippen LogP contribution in [-0.4, -0.2) is 20.9 Å². The van der Waals surface area contributed by atoms with Gasteiger partial charge in [-0.25, -0.2) is 12.8 Å². The second-order valence-corrected chi connectivity index (χ2v) is 8.89. The normalized spacial score (nSPS) is 11.1. The molecule has 3 aromatic rings. The molecular formula is C21H18BrFN2O3S. The van der Waals surface area contributed by atoms with Crippen molar-refractivity contribution in [3.05, 3.63) is 88.6 Å². The molecule has 0 aliphatic heterocycles. The molecule has 0 saturated heterocycles. The SMILES string of the molecule is CCN(c1ccccc1)S(=O)(=O)c1ccc(C(=O)Nc2ccc(Br)cc2F)cc1. The molecular weight excluding hydrogens is 459 g/mol. The summed E-state index contributed by atoms with van der Waals surface area (Å²) in [6.45, 7) is 2.01. The second kappa shape index (κ2) is 8.75. The molecule has 0 aliphatic carbocycles. The van der Waals surface area contributed by atoms with Crippen LogP contribution in [-0.2, 0) is 10.0 Å². The molecule has 0 bridgehead atoms. The van der Waals surface area contributed by atoms with Gasteiger partial charge in [0.15, 0.2) is 0 Å². The third kappa shape index (κ3) is 4.65. The van der Waals surface area contributed by atoms with E-state index in [9.17, 15) is 17.6 Å². The van der Waals surface area contributed by atoms with Crippen molar-refractivity contribution in [2.24, 2.45) is 0 Å². The average Bonchev–Trinajstić information content (AvgIpc) is 2.71. The van der Waals surface area contributed by atoms with Crippen LogP contribution in [0.4, 0.5) is 15.8 Å². The predicted octanol–water partition coefficient (Wildman–Crippen LogP) is 5.06. The fourth-order valence-electron chi connectivity index (χ4n) is 2.78. The third-order valence-electron chi connectivity index (χ3n) is 4.22. The molecule has 0 atom stereocenters. The summed E-state index contributed by atoms with van der Waals surface area (Å²) in [5.74, 6) is -1.11. The van der Waals surface area contributed by atoms with E-state index in [1.165, 1.54) is 40.7 Å². The lowest BCUT2D eigenvalue weighted by atomic mass is 10.2. The zero-order valence-electron chi connectivity index (χ0n) is 15.5. The van der Waals surface area contributed by atoms with E-state index in [1.54, 1.807) is 37.3 Å². The molecule has 3 rings (SSSR count). The Bertz CT molecular complexity index is 1120. The number of sulfonamides is 1. The summed E-state index contributed by atoms with van der Waals surface area (Å²) in [4.78, 5) is 12.4. The standard InChI is InChI=1S/C21H18BrFN2O3S/c1-2-25(17-6-4-3-5-7-17)29(27,28)18-11-8-15(9-12-18)21(26)24-20-13-10-16(22)14-19(20)23/h3-14H,2H2,1H3,(H,24,26). The van der Waals surface area contributed by atoms with Crippen molar-refractivity contribution in [3.8, 4) is 0 Å². The molecule has 0 aromatic heterocycles. The van der Waals surface area contributed by atoms with Gasteiger partial charge in [0, 0.05) is 16.6 Å². The number of amides is 1. The Hall–Kier alpha value is -2.71. The number of nitrogens with one attached hydrogen (secondary N) is 1. The minimum Gasteiger partial charge on any atom is -0.319 e. The van der Waals surface area contributed by atoms with Gasteiger partial charge in [0.25, 0.3) is 15.9 Å². The van der Waals surface area contributed by atoms with Crippen molar-refractivity contribution < 1.29 is 17.6 Å². The third-order valence-corrected chi connectivity index (χ3v) is 6.63. The maximum Gasteiger partial charge on any atom is 0.264 e. The van der Waals surface area contributed by atoms with Crippen molar-refractivity contribution in [1.29, 1.82) is 0 Å². The summed E-state index contributed by atoms with van der Waals surface area (Å²) >= 11 is 3.15. The van der Waals surface area contributed by atoms with Crippen LogP contribution < -0.4 is 9.62 Å². The number of halogens is 2. The van der Waals surface area contributed by atoms with Crippen molar-refractivity contribution in [3.63, 3.8) is 0 Å². The lowest BCUT2D eigenvalue weighted by Gasteiger charge is -2.23. The number of para-hydroxylation sites is 1. The monoisotopic (exact) mass is 476 g/mol. The minimum absolute atomic E-state index is 0.0381. The largest absolute Gasteiger partial charge is 0.319 e. The van der Waals surface area contributed by atoms with Gasteiger partial charge in [0.05, 0.1) is 16.3 Å². The number of hydrogen-bond acceptors (Lipinski definition) is 3. The highest BCUT2D eigenvalue weighted by Crippen LogP contribution is 2.24. The highest BCUT2D eigenvalue weighted by Gasteiger charge is 2.23. The topological polar surface area (TPSA) is 66.5 Å². The quantitative estimate of drug-likeness (QED) is 0.540. The van der Waals surface area contributed by atoms with Crippen molar-refractivity contribution >= 4 is 43.2 Å². The first-order valence-electron chi connectivity index (χ1n) is 8.77. The summed E-state index contributed by atoms with van der Waals surface area (Å²) in [5, 5.41) is 2.48. The van der Waals surface area contributed by atoms with E-state index in [0.29, 0.717) is 10.2 Å². The Morgan fingerprint density at radius 1 is 1.03 bits per heavy atom. The van der Waals surface area contributed by atoms with E-state index < -0.39 is 21.7 Å². The van der Waals surface area contributed by atoms with Gasteiger partial charge in [-0.3, -0.25) is 9.10 Å². The molecule has 0 heterocycles. The molecule has 0 unspecified atom stereocenters. The zero-order chi connectivity index (χ0) is 21.0. The van der Waals surface area contributed by atoms with E-state index in [2.05, 4.69) is 21.2 Å². The molecule has 150 valence electrons. The van der Waals surface area contributed by atoms with Crippen molar-refractivity contribution in [2.75, 3.05) is 16.2 Å². The highest BCUT2D eigenvalue weighted by atomic mass is 79.9. The van der Waals surface area contributed by atoms with Crippen LogP contribution >= 0.6 is 15.9 Å². The van der Waals surface area contributed by atoms with Crippen LogP contribution in [0.3, 0.4) is 0 Å². The van der Waals surface area contributed by atoms with Gasteiger partial charge in [0.2, 0.25) is 0 Å². The number of carbonyl (C=O) groups excluding carboxylic acids is 1. The van der Waals surface area contributed by atoms with Crippen LogP contribution in [0.5, 0.6) is 0 Å². The van der Waals surface area contributed by atoms with Crippen LogP contribution in [0.1, 0.15) is 17.3 Å². The van der Waals surface area contributed by atoms with E-state index in [4.69, 9.17) is 0 Å². The lowest BCUT2D eigenvalue weighted by Crippen LogP contribution is -2.30. The molecule has 8 heteroatoms. The van der Waals surface area contributed by atoms with Gasteiger partial charge in [-0.05, 0) is 61.5 Å². The maximum absolute atomic E-state index is 13.9. The number of rotatable bonds is 6. The molecule has 5 nitrogen and oxygen atoms in total. The molecule has 29 heavy (non-hydrogen) atoms. The number of carbonyl (C=O) groups is 1. The smallest absolute Gasteiger partial charge is 0.264 e. The summed E-state index contributed by atoms with van der Waals surface area (Å²) in [6.07, 6.45) is 0. The number of benzene rings is 3. The average molecular weight is 477 g/mol. The fraction of sp³-hybridized carbons (Fsp3) is 0.0952. The molecule has 1 amide bonds. The van der Waals surface area contributed by atoms with Crippen LogP contribution in [0.15, 0.2) is 82.2 Å². The first-order chi connectivity index (χ1) is 13.8. The minimum atomic E-state index is -3.78. The van der Waals surface area contributed by atoms with Crippen molar-refractivity contribution in [2.45, 2.75) is 11.8 Å². The molecule has 0 saturated carbocycles. The van der Waals surface area contributed by atoms with Gasteiger partial charge >= 0.3 is 0 Å². The van der Waals surface area contributed by atoms with Gasteiger partial charge in [-0.2, -0.15) is 0 Å². The Morgan fingerprint density at radius 2 is 1.69 bits per heavy atom. The van der Waals surface area contributed by atoms with Crippen LogP contribution in [0.2, 0.25) is 0 Å². The molecule has 1 N–H and O–H groups in total. The lowest BCUT2D eigenvalue weighted by molar-refractivity contribution is 0.102. The number of anilines is 2. The number of nitrogens with zero attached hydrogens (tertiary/aromatic N) is 1. The van der Waals surface area contributed by atoms with E-state index in [-0.39, 0.29) is 22.7 Å². The van der Waals surface area contributed by atoms with Gasteiger partial charge in [-0.1, -0.05) is 34.1 Å².